The van der Waals surface area contributed by atoms with E-state index >= 15 is 0 Å². The summed E-state index contributed by atoms with van der Waals surface area (Å²) in [7, 11) is 2.73. The Kier molecular flexibility index (Phi) is 5.54. The van der Waals surface area contributed by atoms with Crippen LogP contribution in [0.2, 0.25) is 10.0 Å². The van der Waals surface area contributed by atoms with Crippen molar-refractivity contribution in [3.05, 3.63) is 51.5 Å². The second-order valence-corrected chi connectivity index (χ2v) is 5.47. The summed E-state index contributed by atoms with van der Waals surface area (Å²) in [6.07, 6.45) is 0. The lowest BCUT2D eigenvalue weighted by atomic mass is 10.1. The number of carbonyl (C=O) groups is 2. The maximum atomic E-state index is 12.4. The van der Waals surface area contributed by atoms with Crippen LogP contribution in [0.15, 0.2) is 30.3 Å². The second-order valence-electron chi connectivity index (χ2n) is 4.68. The standard InChI is InChI=1S/C16H14Cl2N2O4/c1-23-9-5-3-8(4-6-9)20-15(21)10-7-11(17)12(16(22)24-2)13(18)14(10)19/h3-7H,19H2,1-2H3,(H,20,21). The summed E-state index contributed by atoms with van der Waals surface area (Å²) in [4.78, 5) is 24.1. The van der Waals surface area contributed by atoms with E-state index in [0.29, 0.717) is 11.4 Å². The van der Waals surface area contributed by atoms with Gasteiger partial charge in [-0.05, 0) is 30.3 Å². The molecule has 0 aliphatic rings. The first kappa shape index (κ1) is 17.9. The van der Waals surface area contributed by atoms with Gasteiger partial charge in [0.15, 0.2) is 0 Å². The maximum absolute atomic E-state index is 12.4. The SMILES string of the molecule is COC(=O)c1c(Cl)cc(C(=O)Nc2ccc(OC)cc2)c(N)c1Cl. The highest BCUT2D eigenvalue weighted by Gasteiger charge is 2.23. The van der Waals surface area contributed by atoms with Gasteiger partial charge in [-0.3, -0.25) is 4.79 Å². The van der Waals surface area contributed by atoms with Crippen LogP contribution < -0.4 is 15.8 Å². The topological polar surface area (TPSA) is 90.7 Å². The minimum atomic E-state index is -0.737. The average molecular weight is 369 g/mol. The van der Waals surface area contributed by atoms with E-state index in [9.17, 15) is 9.59 Å². The molecule has 0 aliphatic carbocycles. The number of nitrogens with one attached hydrogen (secondary N) is 1. The number of ether oxygens (including phenoxy) is 2. The normalized spacial score (nSPS) is 10.2. The number of halogens is 2. The van der Waals surface area contributed by atoms with Gasteiger partial charge in [0.2, 0.25) is 0 Å². The zero-order chi connectivity index (χ0) is 17.9. The summed E-state index contributed by atoms with van der Waals surface area (Å²) in [5.41, 5.74) is 6.30. The third-order valence-electron chi connectivity index (χ3n) is 3.24. The first-order valence-corrected chi connectivity index (χ1v) is 7.45. The molecule has 0 fully saturated rings. The number of hydrogen-bond acceptors (Lipinski definition) is 5. The Balaban J connectivity index is 2.34. The molecule has 24 heavy (non-hydrogen) atoms. The predicted octanol–water partition coefficient (Wildman–Crippen LogP) is 3.62. The molecule has 2 aromatic carbocycles. The van der Waals surface area contributed by atoms with Crippen molar-refractivity contribution in [2.24, 2.45) is 0 Å². The number of benzene rings is 2. The largest absolute Gasteiger partial charge is 0.497 e. The predicted molar refractivity (Wildman–Crippen MR) is 93.2 cm³/mol. The molecule has 3 N–H and O–H groups in total. The van der Waals surface area contributed by atoms with E-state index in [-0.39, 0.29) is 26.9 Å². The zero-order valence-electron chi connectivity index (χ0n) is 12.9. The molecule has 0 spiro atoms. The first-order chi connectivity index (χ1) is 11.4. The molecule has 0 aliphatic heterocycles. The zero-order valence-corrected chi connectivity index (χ0v) is 14.4. The van der Waals surface area contributed by atoms with Crippen LogP contribution in [0.5, 0.6) is 5.75 Å². The van der Waals surface area contributed by atoms with Crippen LogP contribution in [0.25, 0.3) is 0 Å². The lowest BCUT2D eigenvalue weighted by molar-refractivity contribution is 0.0601. The van der Waals surface area contributed by atoms with E-state index in [1.54, 1.807) is 31.4 Å². The third kappa shape index (κ3) is 3.55. The first-order valence-electron chi connectivity index (χ1n) is 6.70. The minimum Gasteiger partial charge on any atom is -0.497 e. The van der Waals surface area contributed by atoms with Gasteiger partial charge in [0.05, 0.1) is 41.1 Å². The molecule has 0 radical (unpaired) electrons. The molecule has 0 unspecified atom stereocenters. The number of nitrogens with two attached hydrogens (primary N) is 1. The number of amides is 1. The Morgan fingerprint density at radius 1 is 1.12 bits per heavy atom. The molecule has 0 saturated heterocycles. The lowest BCUT2D eigenvalue weighted by Crippen LogP contribution is -2.16. The van der Waals surface area contributed by atoms with Crippen LogP contribution in [0, 0.1) is 0 Å². The van der Waals surface area contributed by atoms with E-state index in [2.05, 4.69) is 10.1 Å². The maximum Gasteiger partial charge on any atom is 0.340 e. The van der Waals surface area contributed by atoms with Gasteiger partial charge in [-0.2, -0.15) is 0 Å². The van der Waals surface area contributed by atoms with Crippen LogP contribution in [-0.2, 0) is 4.74 Å². The van der Waals surface area contributed by atoms with Crippen molar-refractivity contribution in [3.8, 4) is 5.75 Å². The van der Waals surface area contributed by atoms with Crippen LogP contribution in [0.4, 0.5) is 11.4 Å². The summed E-state index contributed by atoms with van der Waals surface area (Å²) < 4.78 is 9.64. The molecule has 0 heterocycles. The highest BCUT2D eigenvalue weighted by atomic mass is 35.5. The number of carbonyl (C=O) groups excluding carboxylic acids is 2. The molecule has 8 heteroatoms. The number of anilines is 2. The highest BCUT2D eigenvalue weighted by Crippen LogP contribution is 2.34. The van der Waals surface area contributed by atoms with Gasteiger partial charge < -0.3 is 20.5 Å². The fraction of sp³-hybridized carbons (Fsp3) is 0.125. The molecule has 0 saturated carbocycles. The van der Waals surface area contributed by atoms with Crippen molar-refractivity contribution < 1.29 is 19.1 Å². The molecule has 0 atom stereocenters. The Hall–Kier alpha value is -2.44. The van der Waals surface area contributed by atoms with Gasteiger partial charge in [0.1, 0.15) is 5.75 Å². The Morgan fingerprint density at radius 3 is 2.29 bits per heavy atom. The number of esters is 1. The van der Waals surface area contributed by atoms with E-state index in [4.69, 9.17) is 33.7 Å². The van der Waals surface area contributed by atoms with Crippen molar-refractivity contribution in [2.45, 2.75) is 0 Å². The number of methoxy groups -OCH3 is 2. The minimum absolute atomic E-state index is 0.0269. The quantitative estimate of drug-likeness (QED) is 0.635. The molecule has 2 aromatic rings. The molecule has 1 amide bonds. The number of rotatable bonds is 4. The second kappa shape index (κ2) is 7.42. The molecular weight excluding hydrogens is 355 g/mol. The fourth-order valence-corrected chi connectivity index (χ4v) is 2.59. The molecule has 0 aromatic heterocycles. The Labute approximate surface area is 148 Å². The van der Waals surface area contributed by atoms with Gasteiger partial charge >= 0.3 is 5.97 Å². The summed E-state index contributed by atoms with van der Waals surface area (Å²) in [5, 5.41) is 2.50. The molecule has 0 bridgehead atoms. The van der Waals surface area contributed by atoms with Crippen molar-refractivity contribution in [3.63, 3.8) is 0 Å². The van der Waals surface area contributed by atoms with E-state index in [1.807, 2.05) is 0 Å². The van der Waals surface area contributed by atoms with E-state index < -0.39 is 11.9 Å². The van der Waals surface area contributed by atoms with Crippen molar-refractivity contribution in [2.75, 3.05) is 25.3 Å². The van der Waals surface area contributed by atoms with Crippen LogP contribution in [0.1, 0.15) is 20.7 Å². The van der Waals surface area contributed by atoms with Crippen LogP contribution >= 0.6 is 23.2 Å². The monoisotopic (exact) mass is 368 g/mol. The smallest absolute Gasteiger partial charge is 0.340 e. The summed E-state index contributed by atoms with van der Waals surface area (Å²) in [6.45, 7) is 0. The highest BCUT2D eigenvalue weighted by molar-refractivity contribution is 6.42. The third-order valence-corrected chi connectivity index (χ3v) is 3.93. The van der Waals surface area contributed by atoms with Crippen LogP contribution in [0.3, 0.4) is 0 Å². The van der Waals surface area contributed by atoms with Crippen LogP contribution in [-0.4, -0.2) is 26.1 Å². The number of nitrogen functional groups attached to an aromatic ring is 1. The molecular formula is C16H14Cl2N2O4. The van der Waals surface area contributed by atoms with Gasteiger partial charge in [0, 0.05) is 5.69 Å². The average Bonchev–Trinajstić information content (AvgIpc) is 2.58. The number of hydrogen-bond donors (Lipinski definition) is 2. The fourth-order valence-electron chi connectivity index (χ4n) is 1.98. The Morgan fingerprint density at radius 2 is 1.75 bits per heavy atom. The van der Waals surface area contributed by atoms with Crippen molar-refractivity contribution in [1.82, 2.24) is 0 Å². The van der Waals surface area contributed by atoms with Crippen molar-refractivity contribution >= 4 is 46.5 Å². The molecule has 6 nitrogen and oxygen atoms in total. The van der Waals surface area contributed by atoms with Gasteiger partial charge in [-0.15, -0.1) is 0 Å². The summed E-state index contributed by atoms with van der Waals surface area (Å²) in [6, 6.07) is 7.99. The summed E-state index contributed by atoms with van der Waals surface area (Å²) in [5.74, 6) is -0.599. The van der Waals surface area contributed by atoms with Gasteiger partial charge in [-0.1, -0.05) is 23.2 Å². The lowest BCUT2D eigenvalue weighted by Gasteiger charge is -2.13. The van der Waals surface area contributed by atoms with Crippen molar-refractivity contribution in [1.29, 1.82) is 0 Å². The Bertz CT molecular complexity index is 792. The summed E-state index contributed by atoms with van der Waals surface area (Å²) >= 11 is 12.1. The molecule has 2 rings (SSSR count). The molecule has 126 valence electrons. The van der Waals surface area contributed by atoms with Gasteiger partial charge in [0.25, 0.3) is 5.91 Å². The van der Waals surface area contributed by atoms with E-state index in [0.717, 1.165) is 0 Å². The van der Waals surface area contributed by atoms with E-state index in [1.165, 1.54) is 13.2 Å². The van der Waals surface area contributed by atoms with Gasteiger partial charge in [-0.25, -0.2) is 4.79 Å².